The Morgan fingerprint density at radius 1 is 1.00 bits per heavy atom. The van der Waals surface area contributed by atoms with Gasteiger partial charge in [0.25, 0.3) is 5.91 Å². The van der Waals surface area contributed by atoms with Crippen LogP contribution in [-0.4, -0.2) is 65.5 Å². The van der Waals surface area contributed by atoms with E-state index in [2.05, 4.69) is 21.3 Å². The van der Waals surface area contributed by atoms with Gasteiger partial charge >= 0.3 is 0 Å². The normalized spacial score (nSPS) is 20.5. The second-order valence-corrected chi connectivity index (χ2v) is 12.6. The summed E-state index contributed by atoms with van der Waals surface area (Å²) in [5, 5.41) is 4.01. The molecule has 7 rings (SSSR count). The van der Waals surface area contributed by atoms with Gasteiger partial charge in [0, 0.05) is 36.1 Å². The zero-order valence-corrected chi connectivity index (χ0v) is 25.1. The number of amides is 3. The van der Waals surface area contributed by atoms with Crippen LogP contribution in [0.2, 0.25) is 0 Å². The first-order chi connectivity index (χ1) is 21.3. The molecule has 44 heavy (non-hydrogen) atoms. The summed E-state index contributed by atoms with van der Waals surface area (Å²) in [5.41, 5.74) is 5.70. The van der Waals surface area contributed by atoms with Crippen LogP contribution in [0.3, 0.4) is 0 Å². The first-order valence-electron chi connectivity index (χ1n) is 15.4. The van der Waals surface area contributed by atoms with Crippen LogP contribution in [0.25, 0.3) is 10.9 Å². The fraction of sp³-hybridized carbons (Fsp3) is 0.333. The Balaban J connectivity index is 1.14. The molecule has 1 fully saturated rings. The minimum absolute atomic E-state index is 0.156. The zero-order chi connectivity index (χ0) is 30.6. The number of fused-ring (bicyclic) bond motifs is 1. The highest BCUT2D eigenvalue weighted by atomic mass is 16.2. The molecule has 8 nitrogen and oxygen atoms in total. The standard InChI is InChI=1S/C36H36N4O4/c1-39(2)18-16-25-27-20-22(13-14-28(27)38-31(25)33(42)37-21-23-8-4-3-5-9-23)15-19-40-34(43)30-32(41)26-12-6-10-24-11-7-17-36(30,29(24)26)35(40)44/h3-6,8-10,12-14,20,30,38H,7,11,15-19,21H2,1-2H3,(H,37,42). The number of nitrogens with one attached hydrogen (secondary N) is 2. The van der Waals surface area contributed by atoms with E-state index in [4.69, 9.17) is 0 Å². The van der Waals surface area contributed by atoms with E-state index in [1.54, 1.807) is 6.07 Å². The molecule has 1 spiro atoms. The van der Waals surface area contributed by atoms with Crippen LogP contribution in [0.1, 0.15) is 61.5 Å². The minimum Gasteiger partial charge on any atom is -0.350 e. The lowest BCUT2D eigenvalue weighted by Gasteiger charge is -2.32. The summed E-state index contributed by atoms with van der Waals surface area (Å²) in [5.74, 6) is -1.89. The summed E-state index contributed by atoms with van der Waals surface area (Å²) in [6, 6.07) is 21.4. The number of imide groups is 1. The molecule has 0 saturated carbocycles. The lowest BCUT2D eigenvalue weighted by molar-refractivity contribution is -0.140. The van der Waals surface area contributed by atoms with E-state index in [9.17, 15) is 19.2 Å². The van der Waals surface area contributed by atoms with Crippen molar-refractivity contribution in [3.63, 3.8) is 0 Å². The van der Waals surface area contributed by atoms with Gasteiger partial charge < -0.3 is 15.2 Å². The molecule has 4 aromatic rings. The molecule has 2 unspecified atom stereocenters. The van der Waals surface area contributed by atoms with Crippen LogP contribution in [0.4, 0.5) is 0 Å². The molecule has 1 aliphatic heterocycles. The van der Waals surface area contributed by atoms with Gasteiger partial charge in [0.15, 0.2) is 5.78 Å². The van der Waals surface area contributed by atoms with Crippen molar-refractivity contribution in [2.45, 2.75) is 44.1 Å². The van der Waals surface area contributed by atoms with Gasteiger partial charge in [-0.1, -0.05) is 54.6 Å². The average Bonchev–Trinajstić information content (AvgIpc) is 3.59. The number of hydrogen-bond donors (Lipinski definition) is 2. The van der Waals surface area contributed by atoms with Crippen LogP contribution in [0, 0.1) is 5.92 Å². The number of H-pyrrole nitrogens is 1. The number of carbonyl (C=O) groups excluding carboxylic acids is 4. The third-order valence-electron chi connectivity index (χ3n) is 9.70. The first kappa shape index (κ1) is 28.2. The largest absolute Gasteiger partial charge is 0.350 e. The molecule has 2 N–H and O–H groups in total. The van der Waals surface area contributed by atoms with Crippen molar-refractivity contribution in [3.05, 3.63) is 106 Å². The van der Waals surface area contributed by atoms with Gasteiger partial charge in [-0.05, 0) is 86.1 Å². The SMILES string of the molecule is CN(C)CCc1c(C(=O)NCc2ccccc2)[nH]c2ccc(CCN3C(=O)C4C(=O)c5cccc6c5C4(CCC6)C3=O)cc12. The highest BCUT2D eigenvalue weighted by Crippen LogP contribution is 2.55. The third-order valence-corrected chi connectivity index (χ3v) is 9.70. The molecular formula is C36H36N4O4. The van der Waals surface area contributed by atoms with Crippen molar-refractivity contribution in [2.75, 3.05) is 27.2 Å². The summed E-state index contributed by atoms with van der Waals surface area (Å²) in [6.07, 6.45) is 3.29. The quantitative estimate of drug-likeness (QED) is 0.225. The van der Waals surface area contributed by atoms with Crippen molar-refractivity contribution in [1.29, 1.82) is 0 Å². The van der Waals surface area contributed by atoms with E-state index < -0.39 is 11.3 Å². The molecule has 1 saturated heterocycles. The Labute approximate surface area is 256 Å². The molecular weight excluding hydrogens is 552 g/mol. The molecule has 8 heteroatoms. The number of ketones is 1. The average molecular weight is 589 g/mol. The summed E-state index contributed by atoms with van der Waals surface area (Å²) in [6.45, 7) is 1.42. The molecule has 224 valence electrons. The number of nitrogens with zero attached hydrogens (tertiary/aromatic N) is 2. The molecule has 0 radical (unpaired) electrons. The van der Waals surface area contributed by atoms with E-state index in [-0.39, 0.29) is 30.0 Å². The van der Waals surface area contributed by atoms with Gasteiger partial charge in [-0.2, -0.15) is 0 Å². The predicted molar refractivity (Wildman–Crippen MR) is 167 cm³/mol. The van der Waals surface area contributed by atoms with Crippen LogP contribution in [-0.2, 0) is 40.8 Å². The highest BCUT2D eigenvalue weighted by molar-refractivity contribution is 6.27. The topological polar surface area (TPSA) is 103 Å². The van der Waals surface area contributed by atoms with Crippen LogP contribution >= 0.6 is 0 Å². The molecule has 1 aromatic heterocycles. The summed E-state index contributed by atoms with van der Waals surface area (Å²) >= 11 is 0. The summed E-state index contributed by atoms with van der Waals surface area (Å²) in [4.78, 5) is 61.3. The van der Waals surface area contributed by atoms with Gasteiger partial charge in [0.2, 0.25) is 11.8 Å². The molecule has 2 aliphatic carbocycles. The smallest absolute Gasteiger partial charge is 0.268 e. The number of Topliss-reactive ketones (excluding diaryl/α,β-unsaturated/α-hetero) is 1. The van der Waals surface area contributed by atoms with E-state index in [1.807, 2.05) is 68.7 Å². The second-order valence-electron chi connectivity index (χ2n) is 12.6. The van der Waals surface area contributed by atoms with E-state index in [1.165, 1.54) is 4.90 Å². The lowest BCUT2D eigenvalue weighted by atomic mass is 9.67. The van der Waals surface area contributed by atoms with Crippen molar-refractivity contribution in [1.82, 2.24) is 20.1 Å². The highest BCUT2D eigenvalue weighted by Gasteiger charge is 2.68. The second kappa shape index (κ2) is 10.9. The monoisotopic (exact) mass is 588 g/mol. The first-order valence-corrected chi connectivity index (χ1v) is 15.4. The Hall–Kier alpha value is -4.56. The molecule has 3 amide bonds. The Morgan fingerprint density at radius 3 is 2.61 bits per heavy atom. The van der Waals surface area contributed by atoms with Gasteiger partial charge in [0.1, 0.15) is 11.6 Å². The number of aryl methyl sites for hydroxylation is 1. The fourth-order valence-electron chi connectivity index (χ4n) is 7.61. The van der Waals surface area contributed by atoms with E-state index in [0.29, 0.717) is 37.1 Å². The Bertz CT molecular complexity index is 1820. The maximum absolute atomic E-state index is 14.0. The van der Waals surface area contributed by atoms with Gasteiger partial charge in [0.05, 0.1) is 5.41 Å². The zero-order valence-electron chi connectivity index (χ0n) is 25.1. The maximum Gasteiger partial charge on any atom is 0.268 e. The van der Waals surface area contributed by atoms with E-state index in [0.717, 1.165) is 58.1 Å². The Morgan fingerprint density at radius 2 is 1.82 bits per heavy atom. The third kappa shape index (κ3) is 4.39. The van der Waals surface area contributed by atoms with Gasteiger partial charge in [-0.25, -0.2) is 0 Å². The summed E-state index contributed by atoms with van der Waals surface area (Å²) in [7, 11) is 4.01. The number of likely N-dealkylation sites (N-methyl/N-ethyl adjacent to an activating group) is 1. The van der Waals surface area contributed by atoms with Crippen molar-refractivity contribution < 1.29 is 19.2 Å². The van der Waals surface area contributed by atoms with Crippen molar-refractivity contribution in [3.8, 4) is 0 Å². The molecule has 3 aliphatic rings. The number of rotatable bonds is 9. The minimum atomic E-state index is -1.04. The molecule has 0 bridgehead atoms. The summed E-state index contributed by atoms with van der Waals surface area (Å²) < 4.78 is 0. The van der Waals surface area contributed by atoms with Crippen LogP contribution in [0.5, 0.6) is 0 Å². The molecule has 2 heterocycles. The lowest BCUT2D eigenvalue weighted by Crippen LogP contribution is -2.42. The number of hydrogen-bond acceptors (Lipinski definition) is 5. The fourth-order valence-corrected chi connectivity index (χ4v) is 7.61. The van der Waals surface area contributed by atoms with Crippen LogP contribution < -0.4 is 5.32 Å². The van der Waals surface area contributed by atoms with E-state index >= 15 is 0 Å². The number of aromatic amines is 1. The number of likely N-dealkylation sites (tertiary alicyclic amines) is 1. The predicted octanol–water partition coefficient (Wildman–Crippen LogP) is 4.20. The number of carbonyl (C=O) groups is 4. The van der Waals surface area contributed by atoms with Crippen molar-refractivity contribution >= 4 is 34.4 Å². The van der Waals surface area contributed by atoms with Gasteiger partial charge in [-0.15, -0.1) is 0 Å². The maximum atomic E-state index is 14.0. The molecule has 3 aromatic carbocycles. The molecule has 2 atom stereocenters. The Kier molecular flexibility index (Phi) is 6.97. The number of benzene rings is 3. The van der Waals surface area contributed by atoms with Gasteiger partial charge in [-0.3, -0.25) is 24.1 Å². The number of aromatic nitrogens is 1. The van der Waals surface area contributed by atoms with Crippen LogP contribution in [0.15, 0.2) is 66.7 Å². The van der Waals surface area contributed by atoms with Crippen molar-refractivity contribution in [2.24, 2.45) is 5.92 Å².